The Kier molecular flexibility index (Phi) is 4.46. The molecule has 6 fully saturated rings. The van der Waals surface area contributed by atoms with Gasteiger partial charge in [0, 0.05) is 0 Å². The third kappa shape index (κ3) is 2.36. The van der Waals surface area contributed by atoms with Crippen molar-refractivity contribution in [1.82, 2.24) is 0 Å². The fraction of sp³-hybridized carbons (Fsp3) is 1.00. The van der Waals surface area contributed by atoms with Crippen LogP contribution in [0, 0.1) is 56.7 Å². The van der Waals surface area contributed by atoms with Gasteiger partial charge in [0.25, 0.3) is 0 Å². The molecular formula is C30H50O2. The minimum Gasteiger partial charge on any atom is -0.393 e. The smallest absolute Gasteiger partial charge is 0.0714 e. The first kappa shape index (κ1) is 22.4. The summed E-state index contributed by atoms with van der Waals surface area (Å²) in [6.45, 7) is 18.8. The lowest BCUT2D eigenvalue weighted by Crippen LogP contribution is -2.66. The first-order valence-corrected chi connectivity index (χ1v) is 14.2. The number of aliphatic hydroxyl groups is 1. The highest BCUT2D eigenvalue weighted by Crippen LogP contribution is 2.78. The standard InChI is InChI=1S/C30H50O2/c1-19(2)30-16-21-20-8-9-23-26(5)12-11-24(31)25(3,4)22(26)10-13-28(23,7)27(20,6)14-15-29(21,17-30)18-32-30/h19-24,31H,8-18H2,1-7H3/t20-,21-,22-,23-,24+,26+,27-,28-,29+,30-/m1/s1. The molecule has 0 aromatic heterocycles. The van der Waals surface area contributed by atoms with Gasteiger partial charge in [0.05, 0.1) is 18.3 Å². The summed E-state index contributed by atoms with van der Waals surface area (Å²) in [6, 6.07) is 0. The molecule has 1 saturated heterocycles. The molecule has 10 atom stereocenters. The van der Waals surface area contributed by atoms with Crippen LogP contribution in [0.4, 0.5) is 0 Å². The molecule has 5 aliphatic carbocycles. The van der Waals surface area contributed by atoms with Gasteiger partial charge in [-0.1, -0.05) is 48.5 Å². The lowest BCUT2D eigenvalue weighted by molar-refractivity contribution is -0.251. The first-order chi connectivity index (χ1) is 14.8. The fourth-order valence-corrected chi connectivity index (χ4v) is 12.1. The largest absolute Gasteiger partial charge is 0.393 e. The summed E-state index contributed by atoms with van der Waals surface area (Å²) in [5, 5.41) is 10.9. The van der Waals surface area contributed by atoms with Gasteiger partial charge in [-0.05, 0) is 121 Å². The Balaban J connectivity index is 1.36. The van der Waals surface area contributed by atoms with Crippen molar-refractivity contribution in [2.24, 2.45) is 56.7 Å². The van der Waals surface area contributed by atoms with Crippen LogP contribution >= 0.6 is 0 Å². The molecule has 0 amide bonds. The summed E-state index contributed by atoms with van der Waals surface area (Å²) in [5.41, 5.74) is 2.07. The van der Waals surface area contributed by atoms with E-state index >= 15 is 0 Å². The van der Waals surface area contributed by atoms with E-state index in [0.29, 0.717) is 33.5 Å². The van der Waals surface area contributed by atoms with Gasteiger partial charge in [0.15, 0.2) is 0 Å². The van der Waals surface area contributed by atoms with Crippen LogP contribution in [0.25, 0.3) is 0 Å². The third-order valence-electron chi connectivity index (χ3n) is 14.2. The molecule has 1 aliphatic heterocycles. The van der Waals surface area contributed by atoms with Crippen LogP contribution in [-0.2, 0) is 4.74 Å². The number of rotatable bonds is 1. The van der Waals surface area contributed by atoms with Crippen LogP contribution in [0.2, 0.25) is 0 Å². The molecule has 2 bridgehead atoms. The van der Waals surface area contributed by atoms with Gasteiger partial charge in [-0.2, -0.15) is 0 Å². The maximum absolute atomic E-state index is 10.9. The van der Waals surface area contributed by atoms with Crippen molar-refractivity contribution >= 4 is 0 Å². The van der Waals surface area contributed by atoms with Crippen molar-refractivity contribution in [3.63, 3.8) is 0 Å². The third-order valence-corrected chi connectivity index (χ3v) is 14.2. The summed E-state index contributed by atoms with van der Waals surface area (Å²) in [4.78, 5) is 0. The molecule has 5 saturated carbocycles. The van der Waals surface area contributed by atoms with Crippen molar-refractivity contribution < 1.29 is 9.84 Å². The minimum atomic E-state index is -0.118. The average molecular weight is 443 g/mol. The van der Waals surface area contributed by atoms with Crippen molar-refractivity contribution in [3.8, 4) is 0 Å². The van der Waals surface area contributed by atoms with E-state index < -0.39 is 0 Å². The zero-order valence-corrected chi connectivity index (χ0v) is 22.1. The monoisotopic (exact) mass is 442 g/mol. The second kappa shape index (κ2) is 6.37. The zero-order chi connectivity index (χ0) is 22.9. The SMILES string of the molecule is CC(C)[C@]12C[C@@H]3[C@H]4CC[C@@H]5[C@@]6(C)CC[C@H](O)C(C)(C)[C@H]6CC[C@@]5(C)[C@]4(C)CC[C@@]3(CO1)C2. The lowest BCUT2D eigenvalue weighted by atomic mass is 9.32. The molecule has 2 heteroatoms. The molecule has 1 heterocycles. The number of hydrogen-bond acceptors (Lipinski definition) is 2. The summed E-state index contributed by atoms with van der Waals surface area (Å²) >= 11 is 0. The molecule has 6 rings (SSSR count). The highest BCUT2D eigenvalue weighted by atomic mass is 16.5. The van der Waals surface area contributed by atoms with E-state index in [4.69, 9.17) is 4.74 Å². The van der Waals surface area contributed by atoms with Crippen molar-refractivity contribution in [2.75, 3.05) is 6.61 Å². The molecule has 1 N–H and O–H groups in total. The Hall–Kier alpha value is -0.0800. The molecule has 0 aromatic carbocycles. The summed E-state index contributed by atoms with van der Waals surface area (Å²) in [6.07, 6.45) is 13.2. The number of fused-ring (bicyclic) bond motifs is 7. The van der Waals surface area contributed by atoms with Gasteiger partial charge in [-0.3, -0.25) is 0 Å². The number of hydrogen-bond donors (Lipinski definition) is 1. The first-order valence-electron chi connectivity index (χ1n) is 14.2. The highest BCUT2D eigenvalue weighted by molar-refractivity contribution is 5.22. The maximum atomic E-state index is 10.9. The van der Waals surface area contributed by atoms with Gasteiger partial charge < -0.3 is 9.84 Å². The number of ether oxygens (including phenoxy) is 1. The van der Waals surface area contributed by atoms with Crippen LogP contribution in [0.1, 0.15) is 113 Å². The quantitative estimate of drug-likeness (QED) is 0.464. The van der Waals surface area contributed by atoms with Crippen molar-refractivity contribution in [3.05, 3.63) is 0 Å². The van der Waals surface area contributed by atoms with Crippen LogP contribution < -0.4 is 0 Å². The molecule has 2 nitrogen and oxygen atoms in total. The minimum absolute atomic E-state index is 0.0638. The lowest BCUT2D eigenvalue weighted by Gasteiger charge is -2.72. The highest BCUT2D eigenvalue weighted by Gasteiger charge is 2.73. The van der Waals surface area contributed by atoms with E-state index in [0.717, 1.165) is 30.8 Å². The van der Waals surface area contributed by atoms with E-state index in [-0.39, 0.29) is 17.1 Å². The Bertz CT molecular complexity index is 803. The van der Waals surface area contributed by atoms with E-state index in [9.17, 15) is 5.11 Å². The fourth-order valence-electron chi connectivity index (χ4n) is 12.1. The van der Waals surface area contributed by atoms with Gasteiger partial charge in [-0.25, -0.2) is 0 Å². The average Bonchev–Trinajstić information content (AvgIpc) is 3.27. The van der Waals surface area contributed by atoms with Gasteiger partial charge >= 0.3 is 0 Å². The van der Waals surface area contributed by atoms with Gasteiger partial charge in [0.2, 0.25) is 0 Å². The Morgan fingerprint density at radius 3 is 2.25 bits per heavy atom. The Morgan fingerprint density at radius 2 is 1.53 bits per heavy atom. The van der Waals surface area contributed by atoms with Crippen molar-refractivity contribution in [2.45, 2.75) is 124 Å². The molecule has 0 aromatic rings. The van der Waals surface area contributed by atoms with E-state index in [1.54, 1.807) is 0 Å². The van der Waals surface area contributed by atoms with Crippen LogP contribution in [-0.4, -0.2) is 23.4 Å². The molecule has 0 radical (unpaired) electrons. The molecule has 6 aliphatic rings. The number of aliphatic hydroxyl groups excluding tert-OH is 1. The summed E-state index contributed by atoms with van der Waals surface area (Å²) in [5.74, 6) is 3.93. The van der Waals surface area contributed by atoms with Crippen LogP contribution in [0.15, 0.2) is 0 Å². The Labute approximate surface area is 197 Å². The van der Waals surface area contributed by atoms with Crippen molar-refractivity contribution in [1.29, 1.82) is 0 Å². The van der Waals surface area contributed by atoms with Crippen LogP contribution in [0.5, 0.6) is 0 Å². The summed E-state index contributed by atoms with van der Waals surface area (Å²) in [7, 11) is 0. The molecule has 182 valence electrons. The topological polar surface area (TPSA) is 29.5 Å². The van der Waals surface area contributed by atoms with E-state index in [1.807, 2.05) is 0 Å². The molecule has 1 spiro atoms. The Morgan fingerprint density at radius 1 is 0.781 bits per heavy atom. The predicted molar refractivity (Wildman–Crippen MR) is 130 cm³/mol. The van der Waals surface area contributed by atoms with Gasteiger partial charge in [0.1, 0.15) is 0 Å². The molecular weight excluding hydrogens is 392 g/mol. The van der Waals surface area contributed by atoms with E-state index in [2.05, 4.69) is 48.5 Å². The second-order valence-corrected chi connectivity index (χ2v) is 15.4. The molecule has 0 unspecified atom stereocenters. The van der Waals surface area contributed by atoms with E-state index in [1.165, 1.54) is 57.8 Å². The normalized spacial score (nSPS) is 60.5. The molecule has 32 heavy (non-hydrogen) atoms. The summed E-state index contributed by atoms with van der Waals surface area (Å²) < 4.78 is 6.60. The zero-order valence-electron chi connectivity index (χ0n) is 22.1. The predicted octanol–water partition coefficient (Wildman–Crippen LogP) is 7.24. The maximum Gasteiger partial charge on any atom is 0.0714 e. The van der Waals surface area contributed by atoms with Gasteiger partial charge in [-0.15, -0.1) is 0 Å². The second-order valence-electron chi connectivity index (χ2n) is 15.4. The van der Waals surface area contributed by atoms with Crippen LogP contribution in [0.3, 0.4) is 0 Å².